The fourth-order valence-corrected chi connectivity index (χ4v) is 2.21. The van der Waals surface area contributed by atoms with Crippen molar-refractivity contribution in [3.05, 3.63) is 35.9 Å². The zero-order chi connectivity index (χ0) is 11.4. The Morgan fingerprint density at radius 1 is 1.31 bits per heavy atom. The lowest BCUT2D eigenvalue weighted by Crippen LogP contribution is -2.43. The summed E-state index contributed by atoms with van der Waals surface area (Å²) >= 11 is 0. The number of ether oxygens (including phenoxy) is 1. The summed E-state index contributed by atoms with van der Waals surface area (Å²) in [7, 11) is 1.44. The van der Waals surface area contributed by atoms with Crippen LogP contribution in [-0.2, 0) is 9.53 Å². The summed E-state index contributed by atoms with van der Waals surface area (Å²) in [6, 6.07) is 10.3. The number of carbonyl (C=O) groups is 1. The standard InChI is InChI=1S/C13H17NO2/c1-16-13(15)12-8-7-11(9-14-12)10-5-3-2-4-6-10/h2-6,11-12,14H,7-9H2,1H3. The van der Waals surface area contributed by atoms with E-state index >= 15 is 0 Å². The number of esters is 1. The molecule has 16 heavy (non-hydrogen) atoms. The van der Waals surface area contributed by atoms with E-state index < -0.39 is 0 Å². The molecule has 2 unspecified atom stereocenters. The lowest BCUT2D eigenvalue weighted by molar-refractivity contribution is -0.143. The van der Waals surface area contributed by atoms with E-state index in [0.29, 0.717) is 5.92 Å². The van der Waals surface area contributed by atoms with Crippen molar-refractivity contribution in [1.29, 1.82) is 0 Å². The molecule has 1 aliphatic rings. The SMILES string of the molecule is COC(=O)C1CCC(c2ccccc2)CN1. The molecular weight excluding hydrogens is 202 g/mol. The maximum absolute atomic E-state index is 11.3. The van der Waals surface area contributed by atoms with E-state index in [2.05, 4.69) is 29.6 Å². The fraction of sp³-hybridized carbons (Fsp3) is 0.462. The molecule has 1 aromatic carbocycles. The molecule has 0 aromatic heterocycles. The molecule has 0 saturated carbocycles. The van der Waals surface area contributed by atoms with E-state index in [-0.39, 0.29) is 12.0 Å². The molecule has 1 aromatic rings. The van der Waals surface area contributed by atoms with Gasteiger partial charge < -0.3 is 10.1 Å². The van der Waals surface area contributed by atoms with Gasteiger partial charge in [0, 0.05) is 6.54 Å². The maximum atomic E-state index is 11.3. The molecule has 3 heteroatoms. The van der Waals surface area contributed by atoms with Gasteiger partial charge in [-0.3, -0.25) is 4.79 Å². The van der Waals surface area contributed by atoms with Gasteiger partial charge in [-0.05, 0) is 24.3 Å². The van der Waals surface area contributed by atoms with Crippen LogP contribution >= 0.6 is 0 Å². The minimum atomic E-state index is -0.147. The van der Waals surface area contributed by atoms with Crippen LogP contribution in [-0.4, -0.2) is 25.7 Å². The highest BCUT2D eigenvalue weighted by molar-refractivity contribution is 5.75. The quantitative estimate of drug-likeness (QED) is 0.769. The van der Waals surface area contributed by atoms with E-state index in [0.717, 1.165) is 19.4 Å². The first-order valence-electron chi connectivity index (χ1n) is 5.67. The minimum Gasteiger partial charge on any atom is -0.468 e. The summed E-state index contributed by atoms with van der Waals surface area (Å²) in [6.07, 6.45) is 1.89. The summed E-state index contributed by atoms with van der Waals surface area (Å²) in [4.78, 5) is 11.3. The van der Waals surface area contributed by atoms with Crippen LogP contribution in [0.4, 0.5) is 0 Å². The van der Waals surface area contributed by atoms with Crippen LogP contribution in [0.5, 0.6) is 0 Å². The van der Waals surface area contributed by atoms with Gasteiger partial charge in [-0.25, -0.2) is 0 Å². The molecule has 0 aliphatic carbocycles. The molecule has 86 valence electrons. The van der Waals surface area contributed by atoms with Gasteiger partial charge in [0.25, 0.3) is 0 Å². The molecule has 0 spiro atoms. The predicted octanol–water partition coefficient (Wildman–Crippen LogP) is 1.70. The van der Waals surface area contributed by atoms with Gasteiger partial charge >= 0.3 is 5.97 Å². The number of rotatable bonds is 2. The Bertz CT molecular complexity index is 342. The van der Waals surface area contributed by atoms with Crippen molar-refractivity contribution in [2.45, 2.75) is 24.8 Å². The van der Waals surface area contributed by atoms with E-state index in [1.165, 1.54) is 12.7 Å². The van der Waals surface area contributed by atoms with Gasteiger partial charge in [-0.1, -0.05) is 30.3 Å². The van der Waals surface area contributed by atoms with Crippen molar-refractivity contribution in [2.75, 3.05) is 13.7 Å². The van der Waals surface area contributed by atoms with Crippen molar-refractivity contribution >= 4 is 5.97 Å². The molecule has 1 N–H and O–H groups in total. The number of piperidine rings is 1. The molecule has 2 rings (SSSR count). The van der Waals surface area contributed by atoms with Gasteiger partial charge in [0.05, 0.1) is 7.11 Å². The van der Waals surface area contributed by atoms with Crippen molar-refractivity contribution in [2.24, 2.45) is 0 Å². The number of carbonyl (C=O) groups excluding carboxylic acids is 1. The van der Waals surface area contributed by atoms with E-state index in [9.17, 15) is 4.79 Å². The number of hydrogen-bond acceptors (Lipinski definition) is 3. The Labute approximate surface area is 95.8 Å². The van der Waals surface area contributed by atoms with Crippen LogP contribution < -0.4 is 5.32 Å². The summed E-state index contributed by atoms with van der Waals surface area (Å²) < 4.78 is 4.73. The van der Waals surface area contributed by atoms with Gasteiger partial charge in [0.15, 0.2) is 0 Å². The topological polar surface area (TPSA) is 38.3 Å². The van der Waals surface area contributed by atoms with Crippen LogP contribution in [0.2, 0.25) is 0 Å². The fourth-order valence-electron chi connectivity index (χ4n) is 2.21. The van der Waals surface area contributed by atoms with Crippen LogP contribution in [0.3, 0.4) is 0 Å². The van der Waals surface area contributed by atoms with Crippen molar-refractivity contribution in [3.8, 4) is 0 Å². The van der Waals surface area contributed by atoms with Gasteiger partial charge in [0.2, 0.25) is 0 Å². The summed E-state index contributed by atoms with van der Waals surface area (Å²) in [5.41, 5.74) is 1.35. The van der Waals surface area contributed by atoms with Crippen molar-refractivity contribution < 1.29 is 9.53 Å². The van der Waals surface area contributed by atoms with E-state index in [4.69, 9.17) is 4.74 Å². The third-order valence-corrected chi connectivity index (χ3v) is 3.17. The van der Waals surface area contributed by atoms with Crippen LogP contribution in [0.15, 0.2) is 30.3 Å². The molecule has 0 radical (unpaired) electrons. The van der Waals surface area contributed by atoms with Crippen LogP contribution in [0.25, 0.3) is 0 Å². The minimum absolute atomic E-state index is 0.120. The van der Waals surface area contributed by atoms with E-state index in [1.807, 2.05) is 6.07 Å². The number of hydrogen-bond donors (Lipinski definition) is 1. The molecule has 0 amide bonds. The lowest BCUT2D eigenvalue weighted by Gasteiger charge is -2.28. The molecule has 1 fully saturated rings. The highest BCUT2D eigenvalue weighted by Gasteiger charge is 2.26. The Balaban J connectivity index is 1.93. The monoisotopic (exact) mass is 219 g/mol. The Morgan fingerprint density at radius 3 is 2.62 bits per heavy atom. The van der Waals surface area contributed by atoms with Gasteiger partial charge in [-0.15, -0.1) is 0 Å². The first-order valence-corrected chi connectivity index (χ1v) is 5.67. The maximum Gasteiger partial charge on any atom is 0.322 e. The third-order valence-electron chi connectivity index (χ3n) is 3.17. The van der Waals surface area contributed by atoms with Gasteiger partial charge in [0.1, 0.15) is 6.04 Å². The average Bonchev–Trinajstić information content (AvgIpc) is 2.39. The molecular formula is C13H17NO2. The predicted molar refractivity (Wildman–Crippen MR) is 62.2 cm³/mol. The van der Waals surface area contributed by atoms with Gasteiger partial charge in [-0.2, -0.15) is 0 Å². The zero-order valence-corrected chi connectivity index (χ0v) is 9.48. The lowest BCUT2D eigenvalue weighted by atomic mass is 9.89. The Morgan fingerprint density at radius 2 is 2.06 bits per heavy atom. The van der Waals surface area contributed by atoms with Crippen LogP contribution in [0, 0.1) is 0 Å². The average molecular weight is 219 g/mol. The summed E-state index contributed by atoms with van der Waals surface area (Å²) in [5, 5.41) is 3.24. The summed E-state index contributed by atoms with van der Waals surface area (Å²) in [6.45, 7) is 0.851. The summed E-state index contributed by atoms with van der Waals surface area (Å²) in [5.74, 6) is 0.369. The second-order valence-electron chi connectivity index (χ2n) is 4.17. The number of benzene rings is 1. The molecule has 1 aliphatic heterocycles. The zero-order valence-electron chi connectivity index (χ0n) is 9.48. The number of methoxy groups -OCH3 is 1. The smallest absolute Gasteiger partial charge is 0.322 e. The largest absolute Gasteiger partial charge is 0.468 e. The molecule has 0 bridgehead atoms. The van der Waals surface area contributed by atoms with Crippen molar-refractivity contribution in [1.82, 2.24) is 5.32 Å². The second-order valence-corrected chi connectivity index (χ2v) is 4.17. The molecule has 1 saturated heterocycles. The highest BCUT2D eigenvalue weighted by atomic mass is 16.5. The third kappa shape index (κ3) is 2.42. The molecule has 2 atom stereocenters. The highest BCUT2D eigenvalue weighted by Crippen LogP contribution is 2.25. The van der Waals surface area contributed by atoms with Crippen LogP contribution in [0.1, 0.15) is 24.3 Å². The van der Waals surface area contributed by atoms with Crippen molar-refractivity contribution in [3.63, 3.8) is 0 Å². The second kappa shape index (κ2) is 5.12. The Hall–Kier alpha value is -1.35. The first-order chi connectivity index (χ1) is 7.81. The molecule has 3 nitrogen and oxygen atoms in total. The number of nitrogens with one attached hydrogen (secondary N) is 1. The Kier molecular flexibility index (Phi) is 3.57. The van der Waals surface area contributed by atoms with E-state index in [1.54, 1.807) is 0 Å². The molecule has 1 heterocycles. The normalized spacial score (nSPS) is 25.1. The first kappa shape index (κ1) is 11.1.